The lowest BCUT2D eigenvalue weighted by Crippen LogP contribution is -2.58. The number of carbonyl (C=O) groups excluding carboxylic acids is 2. The Bertz CT molecular complexity index is 1040. The molecule has 2 aromatic rings. The summed E-state index contributed by atoms with van der Waals surface area (Å²) in [4.78, 5) is 43.7. The highest BCUT2D eigenvalue weighted by atomic mass is 19.2. The Morgan fingerprint density at radius 1 is 1.29 bits per heavy atom. The second kappa shape index (κ2) is 6.22. The van der Waals surface area contributed by atoms with Crippen LogP contribution in [0.5, 0.6) is 0 Å². The molecular formula is C19H16F2N2O5. The average Bonchev–Trinajstić information content (AvgIpc) is 3.47. The van der Waals surface area contributed by atoms with Crippen LogP contribution in [0.1, 0.15) is 30.1 Å². The molecule has 2 heterocycles. The third-order valence-corrected chi connectivity index (χ3v) is 5.13. The number of Topliss-reactive ketones (excluding diaryl/α,β-unsaturated/α-hetero) is 1. The van der Waals surface area contributed by atoms with E-state index in [0.717, 1.165) is 25.0 Å². The molecule has 1 atom stereocenters. The van der Waals surface area contributed by atoms with E-state index in [1.165, 1.54) is 13.0 Å². The first-order chi connectivity index (χ1) is 13.3. The maximum Gasteiger partial charge on any atom is 0.333 e. The van der Waals surface area contributed by atoms with Crippen molar-refractivity contribution >= 4 is 34.4 Å². The zero-order valence-electron chi connectivity index (χ0n) is 14.9. The lowest BCUT2D eigenvalue weighted by molar-refractivity contribution is -0.163. The van der Waals surface area contributed by atoms with E-state index in [9.17, 15) is 28.3 Å². The molecule has 0 amide bonds. The maximum atomic E-state index is 13.6. The number of fused-ring (bicyclic) bond motifs is 2. The highest BCUT2D eigenvalue weighted by Gasteiger charge is 2.60. The van der Waals surface area contributed by atoms with Crippen molar-refractivity contribution in [2.75, 3.05) is 18.1 Å². The third kappa shape index (κ3) is 2.53. The van der Waals surface area contributed by atoms with E-state index in [1.54, 1.807) is 4.90 Å². The minimum Gasteiger partial charge on any atom is -0.480 e. The van der Waals surface area contributed by atoms with Crippen molar-refractivity contribution in [3.8, 4) is 0 Å². The summed E-state index contributed by atoms with van der Waals surface area (Å²) in [7, 11) is 0. The van der Waals surface area contributed by atoms with Gasteiger partial charge in [-0.1, -0.05) is 0 Å². The largest absolute Gasteiger partial charge is 0.480 e. The van der Waals surface area contributed by atoms with Gasteiger partial charge in [0, 0.05) is 17.5 Å². The maximum absolute atomic E-state index is 13.6. The van der Waals surface area contributed by atoms with Gasteiger partial charge in [-0.25, -0.2) is 13.8 Å². The number of hydrogen-bond acceptors (Lipinski definition) is 6. The number of pyridine rings is 1. The Labute approximate surface area is 157 Å². The number of halogens is 2. The average molecular weight is 390 g/mol. The van der Waals surface area contributed by atoms with E-state index >= 15 is 0 Å². The molecule has 1 aromatic carbocycles. The molecule has 9 heteroatoms. The monoisotopic (exact) mass is 390 g/mol. The minimum absolute atomic E-state index is 0.0854. The number of rotatable bonds is 4. The molecule has 0 radical (unpaired) electrons. The van der Waals surface area contributed by atoms with Crippen LogP contribution >= 0.6 is 0 Å². The fraction of sp³-hybridized carbons (Fsp3) is 0.368. The molecule has 28 heavy (non-hydrogen) atoms. The molecule has 1 saturated carbocycles. The Morgan fingerprint density at radius 2 is 1.96 bits per heavy atom. The Morgan fingerprint density at radius 3 is 2.57 bits per heavy atom. The van der Waals surface area contributed by atoms with Gasteiger partial charge in [-0.3, -0.25) is 14.4 Å². The molecule has 1 unspecified atom stereocenters. The second-order valence-corrected chi connectivity index (χ2v) is 6.94. The number of anilines is 1. The first kappa shape index (κ1) is 18.3. The second-order valence-electron chi connectivity index (χ2n) is 6.94. The van der Waals surface area contributed by atoms with E-state index in [1.807, 2.05) is 0 Å². The molecule has 1 aromatic heterocycles. The van der Waals surface area contributed by atoms with Crippen molar-refractivity contribution in [1.29, 1.82) is 0 Å². The summed E-state index contributed by atoms with van der Waals surface area (Å²) < 4.78 is 32.2. The lowest BCUT2D eigenvalue weighted by Gasteiger charge is -2.38. The number of carboxylic acids is 1. The number of carbonyl (C=O) groups is 3. The molecule has 4 rings (SSSR count). The zero-order valence-corrected chi connectivity index (χ0v) is 14.9. The predicted octanol–water partition coefficient (Wildman–Crippen LogP) is 2.31. The molecule has 0 spiro atoms. The molecular weight excluding hydrogens is 374 g/mol. The van der Waals surface area contributed by atoms with Crippen molar-refractivity contribution < 1.29 is 33.0 Å². The summed E-state index contributed by atoms with van der Waals surface area (Å²) in [6, 6.07) is 2.97. The van der Waals surface area contributed by atoms with E-state index in [2.05, 4.69) is 4.98 Å². The smallest absolute Gasteiger partial charge is 0.333 e. The van der Waals surface area contributed by atoms with Crippen molar-refractivity contribution in [2.24, 2.45) is 5.41 Å². The summed E-state index contributed by atoms with van der Waals surface area (Å²) in [5, 5.41) is 9.95. The number of benzene rings is 1. The van der Waals surface area contributed by atoms with Crippen LogP contribution in [0, 0.1) is 17.0 Å². The van der Waals surface area contributed by atoms with Crippen LogP contribution in [0.4, 0.5) is 14.6 Å². The number of aromatic nitrogens is 1. The van der Waals surface area contributed by atoms with E-state index in [4.69, 9.17) is 4.74 Å². The van der Waals surface area contributed by atoms with Crippen molar-refractivity contribution in [3.63, 3.8) is 0 Å². The van der Waals surface area contributed by atoms with Gasteiger partial charge in [0.1, 0.15) is 5.82 Å². The van der Waals surface area contributed by atoms with Crippen LogP contribution < -0.4 is 4.90 Å². The number of hydrogen-bond donors (Lipinski definition) is 1. The molecule has 1 N–H and O–H groups in total. The van der Waals surface area contributed by atoms with Gasteiger partial charge in [0.2, 0.25) is 5.41 Å². The summed E-state index contributed by atoms with van der Waals surface area (Å²) in [6.07, 6.45) is 1.48. The van der Waals surface area contributed by atoms with Crippen molar-refractivity contribution in [2.45, 2.75) is 25.8 Å². The first-order valence-electron chi connectivity index (χ1n) is 8.81. The molecule has 1 fully saturated rings. The van der Waals surface area contributed by atoms with Crippen LogP contribution in [-0.4, -0.2) is 47.0 Å². The van der Waals surface area contributed by atoms with Crippen LogP contribution in [0.15, 0.2) is 18.2 Å². The van der Waals surface area contributed by atoms with Gasteiger partial charge in [0.15, 0.2) is 17.4 Å². The Hall–Kier alpha value is -3.10. The molecule has 0 saturated heterocycles. The highest BCUT2D eigenvalue weighted by molar-refractivity contribution is 6.28. The summed E-state index contributed by atoms with van der Waals surface area (Å²) >= 11 is 0. The molecule has 7 nitrogen and oxygen atoms in total. The molecule has 1 aliphatic carbocycles. The minimum atomic E-state index is -2.43. The predicted molar refractivity (Wildman–Crippen MR) is 93.1 cm³/mol. The van der Waals surface area contributed by atoms with Gasteiger partial charge in [0.25, 0.3) is 0 Å². The van der Waals surface area contributed by atoms with Gasteiger partial charge in [-0.05, 0) is 31.9 Å². The highest BCUT2D eigenvalue weighted by Crippen LogP contribution is 2.43. The normalized spacial score (nSPS) is 21.5. The molecule has 146 valence electrons. The fourth-order valence-corrected chi connectivity index (χ4v) is 3.53. The Kier molecular flexibility index (Phi) is 4.06. The third-order valence-electron chi connectivity index (χ3n) is 5.13. The number of ketones is 1. The van der Waals surface area contributed by atoms with Crippen LogP contribution in [0.25, 0.3) is 10.9 Å². The summed E-state index contributed by atoms with van der Waals surface area (Å²) in [5.74, 6) is -5.75. The van der Waals surface area contributed by atoms with Crippen molar-refractivity contribution in [3.05, 3.63) is 35.4 Å². The number of esters is 1. The summed E-state index contributed by atoms with van der Waals surface area (Å²) in [6.45, 7) is 1.01. The van der Waals surface area contributed by atoms with Gasteiger partial charge in [0.05, 0.1) is 24.2 Å². The van der Waals surface area contributed by atoms with Gasteiger partial charge < -0.3 is 14.7 Å². The topological polar surface area (TPSA) is 96.8 Å². The van der Waals surface area contributed by atoms with E-state index in [0.29, 0.717) is 0 Å². The number of carboxylic acid groups (broad SMARTS) is 1. The van der Waals surface area contributed by atoms with Crippen LogP contribution in [0.3, 0.4) is 0 Å². The van der Waals surface area contributed by atoms with E-state index < -0.39 is 41.3 Å². The number of ether oxygens (including phenoxy) is 1. The number of nitrogens with zero attached hydrogens (tertiary/aromatic N) is 2. The Balaban J connectivity index is 1.96. The van der Waals surface area contributed by atoms with Gasteiger partial charge in [-0.2, -0.15) is 0 Å². The van der Waals surface area contributed by atoms with Crippen LogP contribution in [0.2, 0.25) is 0 Å². The molecule has 1 aliphatic heterocycles. The zero-order chi connectivity index (χ0) is 20.2. The quantitative estimate of drug-likeness (QED) is 0.632. The number of aliphatic carboxylic acids is 1. The van der Waals surface area contributed by atoms with E-state index in [-0.39, 0.29) is 34.9 Å². The van der Waals surface area contributed by atoms with Crippen LogP contribution in [-0.2, 0) is 14.3 Å². The lowest BCUT2D eigenvalue weighted by atomic mass is 9.76. The van der Waals surface area contributed by atoms with Crippen molar-refractivity contribution in [1.82, 2.24) is 4.98 Å². The fourth-order valence-electron chi connectivity index (χ4n) is 3.53. The summed E-state index contributed by atoms with van der Waals surface area (Å²) in [5.41, 5.74) is -2.42. The standard InChI is InChI=1S/C19H16F2N2O5/c1-2-28-18(27)19(17(25)26)8-23(10-3-4-10)16-11(15(19)24)5-9-6-12(20)13(21)7-14(9)22-16/h5-7,10H,2-4,8H2,1H3,(H,25,26). The molecule has 2 aliphatic rings. The van der Waals surface area contributed by atoms with Gasteiger partial charge >= 0.3 is 11.9 Å². The first-order valence-corrected chi connectivity index (χ1v) is 8.81. The van der Waals surface area contributed by atoms with Gasteiger partial charge in [-0.15, -0.1) is 0 Å². The molecule has 0 bridgehead atoms. The SMILES string of the molecule is CCOC(=O)C1(C(=O)O)CN(C2CC2)c2nc3cc(F)c(F)cc3cc2C1=O.